The molecule has 0 saturated carbocycles. The maximum absolute atomic E-state index is 6.48. The maximum Gasteiger partial charge on any atom is 0.119 e. The van der Waals surface area contributed by atoms with E-state index in [-0.39, 0.29) is 16.9 Å². The smallest absolute Gasteiger partial charge is 0.119 e. The van der Waals surface area contributed by atoms with Crippen molar-refractivity contribution in [2.75, 3.05) is 7.11 Å². The molecule has 2 rings (SSSR count). The first-order chi connectivity index (χ1) is 7.79. The number of hydrogen-bond acceptors (Lipinski definition) is 2. The Balaban J connectivity index is 2.46. The van der Waals surface area contributed by atoms with Crippen LogP contribution in [-0.4, -0.2) is 7.11 Å². The predicted octanol–water partition coefficient (Wildman–Crippen LogP) is 3.30. The van der Waals surface area contributed by atoms with Gasteiger partial charge in [-0.15, -0.1) is 0 Å². The lowest BCUT2D eigenvalue weighted by molar-refractivity contribution is 0.0888. The zero-order chi connectivity index (χ0) is 12.8. The molecule has 0 fully saturated rings. The minimum absolute atomic E-state index is 0.0904. The molecule has 1 aromatic carbocycles. The number of rotatable bonds is 1. The summed E-state index contributed by atoms with van der Waals surface area (Å²) in [5.74, 6) is 0.900. The van der Waals surface area contributed by atoms with Gasteiger partial charge >= 0.3 is 0 Å². The molecule has 1 aliphatic rings. The first-order valence-corrected chi connectivity index (χ1v) is 6.22. The van der Waals surface area contributed by atoms with Crippen LogP contribution < -0.4 is 10.5 Å². The molecule has 0 saturated heterocycles. The van der Waals surface area contributed by atoms with Gasteiger partial charge in [0.2, 0.25) is 0 Å². The van der Waals surface area contributed by atoms with E-state index in [0.29, 0.717) is 0 Å². The van der Waals surface area contributed by atoms with Gasteiger partial charge in [-0.2, -0.15) is 0 Å². The topological polar surface area (TPSA) is 35.2 Å². The van der Waals surface area contributed by atoms with E-state index in [1.807, 2.05) is 6.07 Å². The van der Waals surface area contributed by atoms with Gasteiger partial charge in [0.1, 0.15) is 5.75 Å². The quantitative estimate of drug-likeness (QED) is 0.807. The second-order valence-corrected chi connectivity index (χ2v) is 6.39. The average molecular weight is 233 g/mol. The summed E-state index contributed by atoms with van der Waals surface area (Å²) in [6.07, 6.45) is 1.05. The zero-order valence-electron chi connectivity index (χ0n) is 11.5. The van der Waals surface area contributed by atoms with Gasteiger partial charge in [0.25, 0.3) is 0 Å². The monoisotopic (exact) mass is 233 g/mol. The summed E-state index contributed by atoms with van der Waals surface area (Å²) in [5.41, 5.74) is 9.41. The van der Waals surface area contributed by atoms with E-state index >= 15 is 0 Å². The van der Waals surface area contributed by atoms with Crippen molar-refractivity contribution in [3.63, 3.8) is 0 Å². The molecule has 2 atom stereocenters. The summed E-state index contributed by atoms with van der Waals surface area (Å²) >= 11 is 0. The van der Waals surface area contributed by atoms with Crippen LogP contribution in [0.1, 0.15) is 44.9 Å². The summed E-state index contributed by atoms with van der Waals surface area (Å²) in [6.45, 7) is 9.12. The molecule has 0 heterocycles. The van der Waals surface area contributed by atoms with Crippen molar-refractivity contribution in [1.29, 1.82) is 0 Å². The SMILES string of the molecule is COc1ccc2c(c1)[C@@H](N)[C@@](C)(C(C)(C)C)C2. The first kappa shape index (κ1) is 12.4. The van der Waals surface area contributed by atoms with Crippen molar-refractivity contribution in [3.8, 4) is 5.75 Å². The lowest BCUT2D eigenvalue weighted by atomic mass is 9.64. The second-order valence-electron chi connectivity index (χ2n) is 6.39. The van der Waals surface area contributed by atoms with E-state index in [4.69, 9.17) is 10.5 Å². The lowest BCUT2D eigenvalue weighted by Crippen LogP contribution is -2.40. The lowest BCUT2D eigenvalue weighted by Gasteiger charge is -2.42. The Morgan fingerprint density at radius 2 is 2.00 bits per heavy atom. The molecule has 2 nitrogen and oxygen atoms in total. The number of benzene rings is 1. The second kappa shape index (κ2) is 3.74. The molecule has 0 amide bonds. The predicted molar refractivity (Wildman–Crippen MR) is 71.2 cm³/mol. The third-order valence-corrected chi connectivity index (χ3v) is 4.65. The summed E-state index contributed by atoms with van der Waals surface area (Å²) < 4.78 is 5.29. The van der Waals surface area contributed by atoms with Gasteiger partial charge < -0.3 is 10.5 Å². The zero-order valence-corrected chi connectivity index (χ0v) is 11.5. The summed E-state index contributed by atoms with van der Waals surface area (Å²) in [6, 6.07) is 6.37. The normalized spacial score (nSPS) is 28.0. The van der Waals surface area contributed by atoms with Crippen LogP contribution in [0.25, 0.3) is 0 Å². The summed E-state index contributed by atoms with van der Waals surface area (Å²) in [5, 5.41) is 0. The van der Waals surface area contributed by atoms with Crippen LogP contribution in [0.2, 0.25) is 0 Å². The van der Waals surface area contributed by atoms with Crippen molar-refractivity contribution < 1.29 is 4.74 Å². The standard InChI is InChI=1S/C15H23NO/c1-14(2,3)15(4)9-10-6-7-11(17-5)8-12(10)13(15)16/h6-8,13H,9,16H2,1-5H3/t13-,15+/m1/s1. The van der Waals surface area contributed by atoms with Gasteiger partial charge in [0.05, 0.1) is 7.11 Å². The van der Waals surface area contributed by atoms with E-state index in [2.05, 4.69) is 39.8 Å². The largest absolute Gasteiger partial charge is 0.497 e. The van der Waals surface area contributed by atoms with E-state index in [9.17, 15) is 0 Å². The highest BCUT2D eigenvalue weighted by molar-refractivity contribution is 5.43. The fourth-order valence-corrected chi connectivity index (χ4v) is 2.73. The number of fused-ring (bicyclic) bond motifs is 1. The number of methoxy groups -OCH3 is 1. The maximum atomic E-state index is 6.48. The van der Waals surface area contributed by atoms with Crippen molar-refractivity contribution in [2.24, 2.45) is 16.6 Å². The van der Waals surface area contributed by atoms with E-state index in [0.717, 1.165) is 12.2 Å². The Morgan fingerprint density at radius 1 is 1.35 bits per heavy atom. The van der Waals surface area contributed by atoms with Gasteiger partial charge in [0, 0.05) is 6.04 Å². The Morgan fingerprint density at radius 3 is 2.53 bits per heavy atom. The first-order valence-electron chi connectivity index (χ1n) is 6.22. The molecule has 0 spiro atoms. The molecule has 0 bridgehead atoms. The highest BCUT2D eigenvalue weighted by atomic mass is 16.5. The fourth-order valence-electron chi connectivity index (χ4n) is 2.73. The Kier molecular flexibility index (Phi) is 2.74. The van der Waals surface area contributed by atoms with Crippen molar-refractivity contribution >= 4 is 0 Å². The molecule has 17 heavy (non-hydrogen) atoms. The molecule has 0 radical (unpaired) electrons. The average Bonchev–Trinajstić information content (AvgIpc) is 2.52. The molecular weight excluding hydrogens is 210 g/mol. The highest BCUT2D eigenvalue weighted by Gasteiger charge is 2.48. The van der Waals surface area contributed by atoms with Crippen LogP contribution in [0.15, 0.2) is 18.2 Å². The van der Waals surface area contributed by atoms with Gasteiger partial charge in [-0.05, 0) is 40.5 Å². The number of hydrogen-bond donors (Lipinski definition) is 1. The summed E-state index contributed by atoms with van der Waals surface area (Å²) in [7, 11) is 1.70. The molecular formula is C15H23NO. The highest BCUT2D eigenvalue weighted by Crippen LogP contribution is 2.54. The van der Waals surface area contributed by atoms with Crippen LogP contribution in [0, 0.1) is 10.8 Å². The van der Waals surface area contributed by atoms with Gasteiger partial charge in [-0.25, -0.2) is 0 Å². The van der Waals surface area contributed by atoms with E-state index < -0.39 is 0 Å². The van der Waals surface area contributed by atoms with E-state index in [1.165, 1.54) is 11.1 Å². The van der Waals surface area contributed by atoms with Crippen molar-refractivity contribution in [3.05, 3.63) is 29.3 Å². The Bertz CT molecular complexity index is 433. The van der Waals surface area contributed by atoms with Crippen molar-refractivity contribution in [2.45, 2.75) is 40.2 Å². The third kappa shape index (κ3) is 1.75. The van der Waals surface area contributed by atoms with Crippen LogP contribution in [0.3, 0.4) is 0 Å². The van der Waals surface area contributed by atoms with Gasteiger partial charge in [-0.1, -0.05) is 33.8 Å². The molecule has 0 aliphatic heterocycles. The van der Waals surface area contributed by atoms with Crippen molar-refractivity contribution in [1.82, 2.24) is 0 Å². The van der Waals surface area contributed by atoms with Crippen LogP contribution >= 0.6 is 0 Å². The molecule has 0 aromatic heterocycles. The Hall–Kier alpha value is -1.02. The number of ether oxygens (including phenoxy) is 1. The summed E-state index contributed by atoms with van der Waals surface area (Å²) in [4.78, 5) is 0. The number of nitrogens with two attached hydrogens (primary N) is 1. The third-order valence-electron chi connectivity index (χ3n) is 4.65. The molecule has 94 valence electrons. The molecule has 2 N–H and O–H groups in total. The molecule has 1 aromatic rings. The minimum atomic E-state index is 0.0904. The van der Waals surface area contributed by atoms with Crippen LogP contribution in [0.4, 0.5) is 0 Å². The fraction of sp³-hybridized carbons (Fsp3) is 0.600. The van der Waals surface area contributed by atoms with Gasteiger partial charge in [0.15, 0.2) is 0 Å². The van der Waals surface area contributed by atoms with Crippen LogP contribution in [-0.2, 0) is 6.42 Å². The Labute approximate surface area is 104 Å². The molecule has 2 heteroatoms. The minimum Gasteiger partial charge on any atom is -0.497 e. The van der Waals surface area contributed by atoms with Gasteiger partial charge in [-0.3, -0.25) is 0 Å². The van der Waals surface area contributed by atoms with E-state index in [1.54, 1.807) is 7.11 Å². The molecule has 1 aliphatic carbocycles. The molecule has 0 unspecified atom stereocenters. The van der Waals surface area contributed by atoms with Crippen LogP contribution in [0.5, 0.6) is 5.75 Å².